The average Bonchev–Trinajstić information content (AvgIpc) is 3.55. The zero-order chi connectivity index (χ0) is 45.6. The predicted molar refractivity (Wildman–Crippen MR) is 257 cm³/mol. The van der Waals surface area contributed by atoms with Gasteiger partial charge in [-0.15, -0.1) is 0 Å². The average molecular weight is 853 g/mol. The number of aliphatic hydroxyl groups is 1. The zero-order valence-electron chi connectivity index (χ0n) is 39.2. The molecule has 4 unspecified atom stereocenters. The molecule has 5 aliphatic rings. The van der Waals surface area contributed by atoms with Crippen LogP contribution >= 0.6 is 0 Å². The molecule has 0 aromatic heterocycles. The van der Waals surface area contributed by atoms with Crippen LogP contribution in [-0.4, -0.2) is 27.3 Å². The smallest absolute Gasteiger partial charge is 0.335 e. The van der Waals surface area contributed by atoms with Crippen molar-refractivity contribution in [2.24, 2.45) is 29.1 Å². The van der Waals surface area contributed by atoms with Gasteiger partial charge < -0.3 is 20.1 Å². The molecule has 0 amide bonds. The number of aromatic hydroxyl groups is 1. The normalized spacial score (nSPS) is 24.7. The largest absolute Gasteiger partial charge is 0.508 e. The van der Waals surface area contributed by atoms with Crippen molar-refractivity contribution in [1.29, 1.82) is 0 Å². The Bertz CT molecular complexity index is 2220. The Kier molecular flexibility index (Phi) is 15.3. The fourth-order valence-corrected chi connectivity index (χ4v) is 10.5. The molecule has 10 rings (SSSR count). The fourth-order valence-electron chi connectivity index (χ4n) is 10.5. The number of carboxylic acids is 1. The Balaban J connectivity index is 0.000000143. The van der Waals surface area contributed by atoms with E-state index < -0.39 is 17.0 Å². The fraction of sp³-hybridized carbons (Fsp3) is 0.474. The van der Waals surface area contributed by atoms with Crippen LogP contribution in [0.15, 0.2) is 109 Å². The first-order valence-electron chi connectivity index (χ1n) is 23.7. The predicted octanol–water partition coefficient (Wildman–Crippen LogP) is 14.5. The van der Waals surface area contributed by atoms with Gasteiger partial charge in [-0.25, -0.2) is 4.79 Å². The number of phenols is 1. The van der Waals surface area contributed by atoms with Gasteiger partial charge in [0.25, 0.3) is 0 Å². The zero-order valence-corrected chi connectivity index (χ0v) is 39.2. The molecule has 4 fully saturated rings. The molecule has 0 spiro atoms. The lowest BCUT2D eigenvalue weighted by molar-refractivity contribution is -0.179. The second-order valence-corrected chi connectivity index (χ2v) is 19.8. The summed E-state index contributed by atoms with van der Waals surface area (Å²) in [5.74, 6) is 4.82. The van der Waals surface area contributed by atoms with E-state index in [9.17, 15) is 14.7 Å². The first-order chi connectivity index (χ1) is 30.0. The highest BCUT2D eigenvalue weighted by Crippen LogP contribution is 2.61. The van der Waals surface area contributed by atoms with E-state index in [2.05, 4.69) is 102 Å². The minimum atomic E-state index is -0.865. The van der Waals surface area contributed by atoms with Crippen LogP contribution < -0.4 is 4.74 Å². The topological polar surface area (TPSA) is 104 Å². The molecule has 0 radical (unpaired) electrons. The van der Waals surface area contributed by atoms with E-state index in [1.54, 1.807) is 24.3 Å². The molecule has 6 heteroatoms. The Morgan fingerprint density at radius 3 is 1.57 bits per heavy atom. The number of hydrogen-bond donors (Lipinski definition) is 3. The highest BCUT2D eigenvalue weighted by Gasteiger charge is 2.57. The Hall–Kier alpha value is -4.94. The van der Waals surface area contributed by atoms with Crippen molar-refractivity contribution in [2.75, 3.05) is 0 Å². The van der Waals surface area contributed by atoms with E-state index in [1.165, 1.54) is 89.2 Å². The molecule has 3 N–H and O–H groups in total. The number of ether oxygens (including phenoxy) is 1. The number of carboxylic acid groups (broad SMARTS) is 1. The van der Waals surface area contributed by atoms with Gasteiger partial charge in [0, 0.05) is 0 Å². The molecule has 4 saturated carbocycles. The minimum absolute atomic E-state index is 0.157. The number of hydrogen-bond acceptors (Lipinski definition) is 5. The lowest BCUT2D eigenvalue weighted by Crippen LogP contribution is -2.55. The van der Waals surface area contributed by atoms with E-state index in [0.29, 0.717) is 46.8 Å². The number of rotatable bonds is 9. The number of aromatic carboxylic acids is 1. The highest BCUT2D eigenvalue weighted by atomic mass is 16.5. The lowest BCUT2D eigenvalue weighted by atomic mass is 9.48. The molecule has 63 heavy (non-hydrogen) atoms. The van der Waals surface area contributed by atoms with E-state index in [0.717, 1.165) is 24.7 Å². The third-order valence-corrected chi connectivity index (χ3v) is 15.5. The Morgan fingerprint density at radius 2 is 1.14 bits per heavy atom. The van der Waals surface area contributed by atoms with E-state index >= 15 is 0 Å². The summed E-state index contributed by atoms with van der Waals surface area (Å²) in [7, 11) is 0. The van der Waals surface area contributed by atoms with Crippen molar-refractivity contribution in [1.82, 2.24) is 0 Å². The summed E-state index contributed by atoms with van der Waals surface area (Å²) in [6.07, 6.45) is 9.46. The Labute approximate surface area is 377 Å². The maximum absolute atomic E-state index is 11.7. The van der Waals surface area contributed by atoms with Crippen molar-refractivity contribution in [3.8, 4) is 11.5 Å². The van der Waals surface area contributed by atoms with Crippen LogP contribution in [0.4, 0.5) is 0 Å². The maximum atomic E-state index is 11.7. The molecule has 4 atom stereocenters. The molecule has 4 bridgehead atoms. The number of phenolic OH excluding ortho intramolecular Hbond substituents is 1. The summed E-state index contributed by atoms with van der Waals surface area (Å²) in [5, 5.41) is 32.2. The molecule has 0 heterocycles. The van der Waals surface area contributed by atoms with Crippen LogP contribution in [0.25, 0.3) is 10.8 Å². The second-order valence-electron chi connectivity index (χ2n) is 19.8. The summed E-state index contributed by atoms with van der Waals surface area (Å²) in [6, 6.07) is 35.5. The summed E-state index contributed by atoms with van der Waals surface area (Å²) in [6.45, 7) is 19.1. The molecule has 336 valence electrons. The van der Waals surface area contributed by atoms with Crippen LogP contribution in [0.3, 0.4) is 0 Å². The van der Waals surface area contributed by atoms with E-state index in [-0.39, 0.29) is 11.7 Å². The number of carbonyl (C=O) groups is 2. The molecule has 5 aromatic carbocycles. The van der Waals surface area contributed by atoms with Crippen LogP contribution in [0, 0.1) is 29.1 Å². The van der Waals surface area contributed by atoms with Crippen LogP contribution in [0.5, 0.6) is 11.5 Å². The van der Waals surface area contributed by atoms with Crippen molar-refractivity contribution < 1.29 is 29.6 Å². The minimum Gasteiger partial charge on any atom is -0.508 e. The number of benzene rings is 5. The van der Waals surface area contributed by atoms with Gasteiger partial charge in [-0.05, 0) is 188 Å². The lowest BCUT2D eigenvalue weighted by Gasteiger charge is -2.59. The summed E-state index contributed by atoms with van der Waals surface area (Å²) in [4.78, 5) is 22.2. The third-order valence-electron chi connectivity index (χ3n) is 15.5. The summed E-state index contributed by atoms with van der Waals surface area (Å²) >= 11 is 0. The van der Waals surface area contributed by atoms with Gasteiger partial charge in [0.05, 0.1) is 16.6 Å². The van der Waals surface area contributed by atoms with E-state index in [4.69, 9.17) is 14.9 Å². The van der Waals surface area contributed by atoms with Crippen molar-refractivity contribution in [2.45, 2.75) is 143 Å². The molecule has 0 aliphatic heterocycles. The number of carbonyl (C=O) groups excluding carboxylic acids is 1. The van der Waals surface area contributed by atoms with Gasteiger partial charge in [0.2, 0.25) is 0 Å². The monoisotopic (exact) mass is 853 g/mol. The van der Waals surface area contributed by atoms with Gasteiger partial charge in [0.15, 0.2) is 0 Å². The maximum Gasteiger partial charge on any atom is 0.335 e. The molecule has 5 aliphatic carbocycles. The molecular formula is C57H72O6. The SMILES string of the molecule is CC1c2cccc3cccc(c23)C1C.CCC(C)(C)C(=O)Oc1ccc(O)cc1.CCC(C)c1ccc(C(=O)O)cc1.CCC(C)c1ccc(C2(O)C3CC4CC(C3)CC2C4)cc1. The molecule has 0 saturated heterocycles. The van der Waals surface area contributed by atoms with Gasteiger partial charge >= 0.3 is 11.9 Å². The quantitative estimate of drug-likeness (QED) is 0.101. The van der Waals surface area contributed by atoms with Crippen molar-refractivity contribution in [3.05, 3.63) is 143 Å². The van der Waals surface area contributed by atoms with Gasteiger partial charge in [-0.2, -0.15) is 0 Å². The van der Waals surface area contributed by atoms with E-state index in [1.807, 2.05) is 32.9 Å². The van der Waals surface area contributed by atoms with Crippen molar-refractivity contribution >= 4 is 22.7 Å². The first kappa shape index (κ1) is 47.5. The van der Waals surface area contributed by atoms with Gasteiger partial charge in [-0.1, -0.05) is 121 Å². The second kappa shape index (κ2) is 20.3. The standard InChI is InChI=1S/C20H28O.C14H14.C12H16O3.C11H14O2/c1-3-13(2)16-4-6-17(7-5-16)20(21)18-9-14-8-15(11-18)12-19(20)10-14;1-9-10(2)13-8-4-6-11-5-3-7-12(9)14(11)13;1-4-12(2,3)11(14)15-10-7-5-9(13)6-8-10;1-3-8(2)9-4-6-10(7-5-9)11(12)13/h4-7,13-15,18-19,21H,3,8-12H2,1-2H3;3-10H,1-2H3;5-8,13H,4H2,1-3H3;4-8H,3H2,1-2H3,(H,12,13). The molecule has 5 aromatic rings. The van der Waals surface area contributed by atoms with Crippen molar-refractivity contribution in [3.63, 3.8) is 0 Å². The Morgan fingerprint density at radius 1 is 0.683 bits per heavy atom. The third kappa shape index (κ3) is 10.5. The first-order valence-corrected chi connectivity index (χ1v) is 23.7. The van der Waals surface area contributed by atoms with Crippen LogP contribution in [0.2, 0.25) is 0 Å². The summed E-state index contributed by atoms with van der Waals surface area (Å²) < 4.78 is 5.18. The van der Waals surface area contributed by atoms with Gasteiger partial charge in [0.1, 0.15) is 11.5 Å². The molecular weight excluding hydrogens is 781 g/mol. The highest BCUT2D eigenvalue weighted by molar-refractivity contribution is 5.92. The summed E-state index contributed by atoms with van der Waals surface area (Å²) in [5.41, 5.74) is 6.23. The molecule has 6 nitrogen and oxygen atoms in total. The van der Waals surface area contributed by atoms with Crippen LogP contribution in [-0.2, 0) is 10.4 Å². The number of esters is 1. The van der Waals surface area contributed by atoms with Gasteiger partial charge in [-0.3, -0.25) is 4.79 Å². The van der Waals surface area contributed by atoms with Crippen LogP contribution in [0.1, 0.15) is 176 Å².